The highest BCUT2D eigenvalue weighted by atomic mass is 16.6. The lowest BCUT2D eigenvalue weighted by Gasteiger charge is -2.16. The van der Waals surface area contributed by atoms with Crippen molar-refractivity contribution in [2.75, 3.05) is 6.61 Å². The second kappa shape index (κ2) is 9.57. The van der Waals surface area contributed by atoms with Crippen molar-refractivity contribution in [3.05, 3.63) is 97.3 Å². The summed E-state index contributed by atoms with van der Waals surface area (Å²) in [6.45, 7) is 0.815. The van der Waals surface area contributed by atoms with E-state index in [-0.39, 0.29) is 34.7 Å². The van der Waals surface area contributed by atoms with Crippen molar-refractivity contribution in [1.29, 1.82) is 5.26 Å². The Hall–Kier alpha value is -4.45. The summed E-state index contributed by atoms with van der Waals surface area (Å²) in [6.07, 6.45) is 0.391. The number of nitriles is 1. The normalized spacial score (nSPS) is 10.4. The molecule has 0 amide bonds. The second-order valence-corrected chi connectivity index (χ2v) is 6.94. The summed E-state index contributed by atoms with van der Waals surface area (Å²) in [5, 5.41) is 31.3. The van der Waals surface area contributed by atoms with E-state index >= 15 is 0 Å². The molecule has 1 aromatic heterocycles. The number of ketones is 1. The molecule has 1 N–H and O–H groups in total. The van der Waals surface area contributed by atoms with E-state index in [0.717, 1.165) is 10.1 Å². The molecule has 1 heterocycles. The highest BCUT2D eigenvalue weighted by Gasteiger charge is 2.25. The van der Waals surface area contributed by atoms with Crippen molar-refractivity contribution in [2.45, 2.75) is 19.9 Å². The molecule has 0 aliphatic heterocycles. The SMILES string of the molecule is Cc1c(C(=O)COc2ccccc2[N+](=O)[O-])c(O)n(CCc2ccccc2)c(=O)c1C#N. The highest BCUT2D eigenvalue weighted by molar-refractivity contribution is 6.01. The van der Waals surface area contributed by atoms with Crippen molar-refractivity contribution >= 4 is 11.5 Å². The fourth-order valence-corrected chi connectivity index (χ4v) is 3.32. The Balaban J connectivity index is 1.93. The first kappa shape index (κ1) is 22.2. The maximum absolute atomic E-state index is 12.9. The number of nitrogens with zero attached hydrogens (tertiary/aromatic N) is 3. The summed E-state index contributed by atoms with van der Waals surface area (Å²) in [5.74, 6) is -1.40. The Labute approximate surface area is 182 Å². The van der Waals surface area contributed by atoms with Gasteiger partial charge in [-0.1, -0.05) is 42.5 Å². The van der Waals surface area contributed by atoms with E-state index in [1.54, 1.807) is 6.07 Å². The molecule has 0 spiro atoms. The number of rotatable bonds is 8. The van der Waals surface area contributed by atoms with Crippen molar-refractivity contribution in [3.63, 3.8) is 0 Å². The molecule has 32 heavy (non-hydrogen) atoms. The maximum atomic E-state index is 12.9. The van der Waals surface area contributed by atoms with Crippen LogP contribution in [0.25, 0.3) is 0 Å². The molecule has 3 aromatic rings. The van der Waals surface area contributed by atoms with Gasteiger partial charge in [0.25, 0.3) is 5.56 Å². The first-order chi connectivity index (χ1) is 15.3. The lowest BCUT2D eigenvalue weighted by Crippen LogP contribution is -2.28. The van der Waals surface area contributed by atoms with Gasteiger partial charge in [0.15, 0.2) is 12.4 Å². The van der Waals surface area contributed by atoms with Gasteiger partial charge in [0.1, 0.15) is 11.6 Å². The fourth-order valence-electron chi connectivity index (χ4n) is 3.32. The van der Waals surface area contributed by atoms with Crippen LogP contribution in [0, 0.1) is 28.4 Å². The number of aromatic nitrogens is 1. The van der Waals surface area contributed by atoms with Crippen LogP contribution in [0.2, 0.25) is 0 Å². The number of hydrogen-bond donors (Lipinski definition) is 1. The zero-order chi connectivity index (χ0) is 23.3. The Bertz CT molecular complexity index is 1280. The molecule has 9 heteroatoms. The lowest BCUT2D eigenvalue weighted by atomic mass is 10.0. The number of hydrogen-bond acceptors (Lipinski definition) is 7. The molecule has 2 aromatic carbocycles. The van der Waals surface area contributed by atoms with E-state index in [9.17, 15) is 30.1 Å². The molecule has 0 saturated carbocycles. The zero-order valence-electron chi connectivity index (χ0n) is 17.1. The highest BCUT2D eigenvalue weighted by Crippen LogP contribution is 2.27. The Kier molecular flexibility index (Phi) is 6.65. The first-order valence-corrected chi connectivity index (χ1v) is 9.65. The van der Waals surface area contributed by atoms with Crippen LogP contribution in [0.15, 0.2) is 59.4 Å². The van der Waals surface area contributed by atoms with Gasteiger partial charge >= 0.3 is 5.69 Å². The van der Waals surface area contributed by atoms with Crippen molar-refractivity contribution < 1.29 is 19.6 Å². The van der Waals surface area contributed by atoms with Crippen LogP contribution in [0.1, 0.15) is 27.0 Å². The van der Waals surface area contributed by atoms with Gasteiger partial charge in [0, 0.05) is 12.6 Å². The predicted molar refractivity (Wildman–Crippen MR) is 115 cm³/mol. The molecule has 0 radical (unpaired) electrons. The Morgan fingerprint density at radius 3 is 2.50 bits per heavy atom. The third-order valence-electron chi connectivity index (χ3n) is 4.97. The topological polar surface area (TPSA) is 135 Å². The summed E-state index contributed by atoms with van der Waals surface area (Å²) < 4.78 is 6.31. The van der Waals surface area contributed by atoms with Crippen LogP contribution < -0.4 is 10.3 Å². The van der Waals surface area contributed by atoms with Gasteiger partial charge in [0.05, 0.1) is 10.5 Å². The van der Waals surface area contributed by atoms with E-state index < -0.39 is 28.8 Å². The number of aryl methyl sites for hydroxylation is 1. The number of pyridine rings is 1. The van der Waals surface area contributed by atoms with Gasteiger partial charge in [-0.25, -0.2) is 0 Å². The monoisotopic (exact) mass is 433 g/mol. The molecular formula is C23H19N3O6. The molecule has 0 saturated heterocycles. The zero-order valence-corrected chi connectivity index (χ0v) is 17.1. The van der Waals surface area contributed by atoms with Gasteiger partial charge in [0.2, 0.25) is 11.7 Å². The number of carbonyl (C=O) groups is 1. The standard InChI is InChI=1S/C23H19N3O6/c1-15-17(13-24)22(28)25(12-11-16-7-3-2-4-8-16)23(29)21(15)19(27)14-32-20-10-6-5-9-18(20)26(30)31/h2-10,29H,11-12,14H2,1H3. The van der Waals surface area contributed by atoms with E-state index in [2.05, 4.69) is 0 Å². The smallest absolute Gasteiger partial charge is 0.310 e. The predicted octanol–water partition coefficient (Wildman–Crippen LogP) is 3.15. The molecule has 0 unspecified atom stereocenters. The third kappa shape index (κ3) is 4.49. The number of carbonyl (C=O) groups excluding carboxylic acids is 1. The summed E-state index contributed by atoms with van der Waals surface area (Å²) >= 11 is 0. The number of Topliss-reactive ketones (excluding diaryl/α,β-unsaturated/α-hetero) is 1. The average Bonchev–Trinajstić information content (AvgIpc) is 2.78. The largest absolute Gasteiger partial charge is 0.494 e. The number of aromatic hydroxyl groups is 1. The van der Waals surface area contributed by atoms with Crippen LogP contribution in [0.4, 0.5) is 5.69 Å². The van der Waals surface area contributed by atoms with Gasteiger partial charge in [-0.05, 0) is 30.5 Å². The van der Waals surface area contributed by atoms with Crippen LogP contribution in [0.5, 0.6) is 11.6 Å². The van der Waals surface area contributed by atoms with Crippen molar-refractivity contribution in [2.24, 2.45) is 0 Å². The molecule has 0 aliphatic rings. The number of para-hydroxylation sites is 2. The summed E-state index contributed by atoms with van der Waals surface area (Å²) in [7, 11) is 0. The van der Waals surface area contributed by atoms with Gasteiger partial charge < -0.3 is 9.84 Å². The minimum Gasteiger partial charge on any atom is -0.494 e. The summed E-state index contributed by atoms with van der Waals surface area (Å²) in [6, 6.07) is 16.6. The fraction of sp³-hybridized carbons (Fsp3) is 0.174. The molecule has 0 bridgehead atoms. The summed E-state index contributed by atoms with van der Waals surface area (Å²) in [5.41, 5.74) is -0.563. The van der Waals surface area contributed by atoms with Crippen LogP contribution >= 0.6 is 0 Å². The van der Waals surface area contributed by atoms with E-state index in [1.807, 2.05) is 30.3 Å². The molecule has 9 nitrogen and oxygen atoms in total. The number of nitro benzene ring substituents is 1. The minimum absolute atomic E-state index is 0.0297. The molecule has 0 aliphatic carbocycles. The van der Waals surface area contributed by atoms with E-state index in [4.69, 9.17) is 4.74 Å². The van der Waals surface area contributed by atoms with Gasteiger partial charge in [-0.3, -0.25) is 24.3 Å². The Morgan fingerprint density at radius 1 is 1.19 bits per heavy atom. The number of nitro groups is 1. The van der Waals surface area contributed by atoms with Crippen molar-refractivity contribution in [1.82, 2.24) is 4.57 Å². The van der Waals surface area contributed by atoms with Crippen LogP contribution in [-0.4, -0.2) is 27.0 Å². The lowest BCUT2D eigenvalue weighted by molar-refractivity contribution is -0.385. The number of benzene rings is 2. The quantitative estimate of drug-likeness (QED) is 0.327. The van der Waals surface area contributed by atoms with Gasteiger partial charge in [-0.15, -0.1) is 0 Å². The molecule has 3 rings (SSSR count). The molecular weight excluding hydrogens is 414 g/mol. The summed E-state index contributed by atoms with van der Waals surface area (Å²) in [4.78, 5) is 36.1. The second-order valence-electron chi connectivity index (χ2n) is 6.94. The first-order valence-electron chi connectivity index (χ1n) is 9.65. The molecule has 162 valence electrons. The van der Waals surface area contributed by atoms with Gasteiger partial charge in [-0.2, -0.15) is 5.26 Å². The van der Waals surface area contributed by atoms with E-state index in [1.165, 1.54) is 31.2 Å². The average molecular weight is 433 g/mol. The van der Waals surface area contributed by atoms with E-state index in [0.29, 0.717) is 6.42 Å². The minimum atomic E-state index is -0.719. The van der Waals surface area contributed by atoms with Crippen LogP contribution in [-0.2, 0) is 13.0 Å². The van der Waals surface area contributed by atoms with Crippen molar-refractivity contribution in [3.8, 4) is 17.7 Å². The Morgan fingerprint density at radius 2 is 1.84 bits per heavy atom. The van der Waals surface area contributed by atoms with Crippen LogP contribution in [0.3, 0.4) is 0 Å². The maximum Gasteiger partial charge on any atom is 0.310 e. The molecule has 0 fully saturated rings. The number of ether oxygens (including phenoxy) is 1. The third-order valence-corrected chi connectivity index (χ3v) is 4.97. The molecule has 0 atom stereocenters.